The van der Waals surface area contributed by atoms with Crippen LogP contribution in [0.4, 0.5) is 5.69 Å². The number of benzene rings is 2. The van der Waals surface area contributed by atoms with E-state index in [1.165, 1.54) is 11.1 Å². The van der Waals surface area contributed by atoms with E-state index in [1.807, 2.05) is 38.1 Å². The number of carbonyl (C=O) groups excluding carboxylic acids is 1. The molecule has 1 aliphatic heterocycles. The van der Waals surface area contributed by atoms with Crippen LogP contribution in [-0.2, 0) is 17.8 Å². The van der Waals surface area contributed by atoms with Gasteiger partial charge in [-0.25, -0.2) is 0 Å². The Bertz CT molecular complexity index is 685. The van der Waals surface area contributed by atoms with E-state index < -0.39 is 0 Å². The monoisotopic (exact) mass is 316 g/mol. The molecule has 1 amide bonds. The molecule has 2 N–H and O–H groups in total. The minimum atomic E-state index is -0.167. The number of hydrogen-bond donors (Lipinski definition) is 2. The molecule has 116 valence electrons. The topological polar surface area (TPSA) is 41.1 Å². The largest absolute Gasteiger partial charge is 0.324 e. The van der Waals surface area contributed by atoms with Gasteiger partial charge in [0.2, 0.25) is 5.91 Å². The predicted molar refractivity (Wildman–Crippen MR) is 92.6 cm³/mol. The van der Waals surface area contributed by atoms with E-state index in [0.29, 0.717) is 0 Å². The molecule has 1 unspecified atom stereocenters. The van der Waals surface area contributed by atoms with Crippen LogP contribution < -0.4 is 10.6 Å². The second kappa shape index (κ2) is 6.95. The van der Waals surface area contributed by atoms with Crippen molar-refractivity contribution in [2.24, 2.45) is 0 Å². The molecule has 2 aromatic carbocycles. The summed E-state index contributed by atoms with van der Waals surface area (Å²) < 4.78 is 0. The van der Waals surface area contributed by atoms with Crippen LogP contribution >= 0.6 is 12.4 Å². The molecule has 22 heavy (non-hydrogen) atoms. The normalized spacial score (nSPS) is 16.4. The van der Waals surface area contributed by atoms with Crippen molar-refractivity contribution in [3.05, 3.63) is 64.7 Å². The number of aryl methyl sites for hydroxylation is 2. The van der Waals surface area contributed by atoms with Crippen LogP contribution in [0.2, 0.25) is 0 Å². The first-order valence-corrected chi connectivity index (χ1v) is 7.32. The van der Waals surface area contributed by atoms with E-state index >= 15 is 0 Å². The van der Waals surface area contributed by atoms with Crippen molar-refractivity contribution in [2.75, 3.05) is 5.32 Å². The van der Waals surface area contributed by atoms with Crippen LogP contribution in [0.3, 0.4) is 0 Å². The van der Waals surface area contributed by atoms with Crippen LogP contribution in [0.25, 0.3) is 0 Å². The van der Waals surface area contributed by atoms with E-state index in [-0.39, 0.29) is 24.4 Å². The first-order chi connectivity index (χ1) is 10.1. The Morgan fingerprint density at radius 1 is 1.14 bits per heavy atom. The average molecular weight is 317 g/mol. The number of fused-ring (bicyclic) bond motifs is 1. The fourth-order valence-electron chi connectivity index (χ4n) is 2.73. The third kappa shape index (κ3) is 3.49. The molecule has 0 bridgehead atoms. The van der Waals surface area contributed by atoms with Gasteiger partial charge < -0.3 is 10.6 Å². The van der Waals surface area contributed by atoms with Gasteiger partial charge in [-0.15, -0.1) is 12.4 Å². The summed E-state index contributed by atoms with van der Waals surface area (Å²) in [5.74, 6) is 0.0400. The molecule has 1 atom stereocenters. The second-order valence-corrected chi connectivity index (χ2v) is 5.71. The van der Waals surface area contributed by atoms with Gasteiger partial charge >= 0.3 is 0 Å². The average Bonchev–Trinajstić information content (AvgIpc) is 2.50. The van der Waals surface area contributed by atoms with E-state index in [9.17, 15) is 4.79 Å². The first-order valence-electron chi connectivity index (χ1n) is 7.32. The fraction of sp³-hybridized carbons (Fsp3) is 0.278. The number of rotatable bonds is 2. The predicted octanol–water partition coefficient (Wildman–Crippen LogP) is 3.38. The zero-order valence-electron chi connectivity index (χ0n) is 12.8. The Balaban J connectivity index is 0.00000176. The van der Waals surface area contributed by atoms with Crippen LogP contribution in [0.1, 0.15) is 22.3 Å². The van der Waals surface area contributed by atoms with Gasteiger partial charge in [0.25, 0.3) is 0 Å². The summed E-state index contributed by atoms with van der Waals surface area (Å²) in [5.41, 5.74) is 5.69. The standard InChI is InChI=1S/C18H20N2O.ClH/c1-12-7-8-13(2)16(9-12)20-18(21)17-10-14-5-3-4-6-15(14)11-19-17;/h3-9,17,19H,10-11H2,1-2H3,(H,20,21);1H. The highest BCUT2D eigenvalue weighted by molar-refractivity contribution is 5.95. The smallest absolute Gasteiger partial charge is 0.241 e. The van der Waals surface area contributed by atoms with E-state index in [4.69, 9.17) is 0 Å². The van der Waals surface area contributed by atoms with Crippen molar-refractivity contribution in [3.63, 3.8) is 0 Å². The molecule has 3 rings (SSSR count). The molecule has 0 aromatic heterocycles. The number of carbonyl (C=O) groups is 1. The lowest BCUT2D eigenvalue weighted by molar-refractivity contribution is -0.118. The molecule has 2 aromatic rings. The second-order valence-electron chi connectivity index (χ2n) is 5.71. The molecule has 0 spiro atoms. The molecule has 0 radical (unpaired) electrons. The molecule has 4 heteroatoms. The minimum Gasteiger partial charge on any atom is -0.324 e. The Morgan fingerprint density at radius 3 is 2.64 bits per heavy atom. The molecule has 0 fully saturated rings. The summed E-state index contributed by atoms with van der Waals surface area (Å²) in [6, 6.07) is 14.2. The third-order valence-electron chi connectivity index (χ3n) is 4.05. The van der Waals surface area contributed by atoms with E-state index in [1.54, 1.807) is 0 Å². The lowest BCUT2D eigenvalue weighted by atomic mass is 9.95. The lowest BCUT2D eigenvalue weighted by Crippen LogP contribution is -2.44. The Morgan fingerprint density at radius 2 is 1.86 bits per heavy atom. The van der Waals surface area contributed by atoms with Gasteiger partial charge in [-0.2, -0.15) is 0 Å². The van der Waals surface area contributed by atoms with Crippen molar-refractivity contribution >= 4 is 24.0 Å². The van der Waals surface area contributed by atoms with Crippen LogP contribution in [-0.4, -0.2) is 11.9 Å². The number of anilines is 1. The van der Waals surface area contributed by atoms with Gasteiger partial charge in [-0.3, -0.25) is 4.79 Å². The SMILES string of the molecule is Cc1ccc(C)c(NC(=O)C2Cc3ccccc3CN2)c1.Cl. The van der Waals surface area contributed by atoms with E-state index in [0.717, 1.165) is 29.8 Å². The lowest BCUT2D eigenvalue weighted by Gasteiger charge is -2.25. The van der Waals surface area contributed by atoms with Crippen molar-refractivity contribution in [1.82, 2.24) is 5.32 Å². The van der Waals surface area contributed by atoms with Crippen LogP contribution in [0.15, 0.2) is 42.5 Å². The van der Waals surface area contributed by atoms with E-state index in [2.05, 4.69) is 28.8 Å². The Labute approximate surface area is 137 Å². The zero-order chi connectivity index (χ0) is 14.8. The van der Waals surface area contributed by atoms with Crippen molar-refractivity contribution in [2.45, 2.75) is 32.9 Å². The highest BCUT2D eigenvalue weighted by Crippen LogP contribution is 2.19. The summed E-state index contributed by atoms with van der Waals surface area (Å²) in [7, 11) is 0. The summed E-state index contributed by atoms with van der Waals surface area (Å²) in [5, 5.41) is 6.37. The number of nitrogens with one attached hydrogen (secondary N) is 2. The minimum absolute atomic E-state index is 0. The summed E-state index contributed by atoms with van der Waals surface area (Å²) in [6.07, 6.45) is 0.743. The number of hydrogen-bond acceptors (Lipinski definition) is 2. The molecular formula is C18H21ClN2O. The number of halogens is 1. The summed E-state index contributed by atoms with van der Waals surface area (Å²) >= 11 is 0. The third-order valence-corrected chi connectivity index (χ3v) is 4.05. The van der Waals surface area contributed by atoms with Crippen molar-refractivity contribution in [1.29, 1.82) is 0 Å². The maximum atomic E-state index is 12.5. The quantitative estimate of drug-likeness (QED) is 0.892. The molecular weight excluding hydrogens is 296 g/mol. The Kier molecular flexibility index (Phi) is 5.22. The molecule has 1 aliphatic rings. The summed E-state index contributed by atoms with van der Waals surface area (Å²) in [6.45, 7) is 4.80. The molecule has 3 nitrogen and oxygen atoms in total. The van der Waals surface area contributed by atoms with Crippen LogP contribution in [0.5, 0.6) is 0 Å². The molecule has 0 aliphatic carbocycles. The maximum Gasteiger partial charge on any atom is 0.241 e. The van der Waals surface area contributed by atoms with Crippen molar-refractivity contribution in [3.8, 4) is 0 Å². The molecule has 0 saturated heterocycles. The highest BCUT2D eigenvalue weighted by Gasteiger charge is 2.24. The Hall–Kier alpha value is -1.84. The molecule has 1 heterocycles. The maximum absolute atomic E-state index is 12.5. The van der Waals surface area contributed by atoms with Gasteiger partial charge in [-0.05, 0) is 48.6 Å². The van der Waals surface area contributed by atoms with Gasteiger partial charge in [0.15, 0.2) is 0 Å². The molecule has 0 saturated carbocycles. The number of amides is 1. The van der Waals surface area contributed by atoms with Gasteiger partial charge in [0.05, 0.1) is 6.04 Å². The zero-order valence-corrected chi connectivity index (χ0v) is 13.7. The van der Waals surface area contributed by atoms with Gasteiger partial charge in [0.1, 0.15) is 0 Å². The van der Waals surface area contributed by atoms with Crippen LogP contribution in [0, 0.1) is 13.8 Å². The van der Waals surface area contributed by atoms with Crippen molar-refractivity contribution < 1.29 is 4.79 Å². The summed E-state index contributed by atoms with van der Waals surface area (Å²) in [4.78, 5) is 12.5. The fourth-order valence-corrected chi connectivity index (χ4v) is 2.73. The van der Waals surface area contributed by atoms with Gasteiger partial charge in [-0.1, -0.05) is 36.4 Å². The highest BCUT2D eigenvalue weighted by atomic mass is 35.5. The first kappa shape index (κ1) is 16.5. The van der Waals surface area contributed by atoms with Gasteiger partial charge in [0, 0.05) is 12.2 Å².